The van der Waals surface area contributed by atoms with Gasteiger partial charge in [-0.15, -0.1) is 0 Å². The lowest BCUT2D eigenvalue weighted by molar-refractivity contribution is -0.118. The Balaban J connectivity index is 1.31. The van der Waals surface area contributed by atoms with Crippen molar-refractivity contribution in [3.8, 4) is 5.75 Å². The number of carbonyl (C=O) groups excluding carboxylic acids is 2. The number of piperidine rings is 1. The van der Waals surface area contributed by atoms with E-state index in [0.29, 0.717) is 36.0 Å². The van der Waals surface area contributed by atoms with Gasteiger partial charge in [0.2, 0.25) is 0 Å². The van der Waals surface area contributed by atoms with Crippen LogP contribution in [0.15, 0.2) is 42.6 Å². The zero-order chi connectivity index (χ0) is 20.8. The molecule has 0 atom stereocenters. The number of anilines is 1. The molecule has 2 amide bonds. The maximum atomic E-state index is 13.6. The van der Waals surface area contributed by atoms with Gasteiger partial charge < -0.3 is 19.5 Å². The van der Waals surface area contributed by atoms with E-state index < -0.39 is 0 Å². The van der Waals surface area contributed by atoms with Crippen LogP contribution in [0.2, 0.25) is 0 Å². The lowest BCUT2D eigenvalue weighted by atomic mass is 9.89. The van der Waals surface area contributed by atoms with E-state index in [1.54, 1.807) is 24.3 Å². The standard InChI is InChI=1S/C23H22FN3O3/c1-26-12-18(17-4-3-16(24)11-20(17)26)14-6-8-27(9-7-14)23(29)15-2-5-21-19(10-15)25-22(28)13-30-21/h2-5,10-12,14H,6-9,13H2,1H3,(H,25,28). The molecule has 3 heterocycles. The minimum Gasteiger partial charge on any atom is -0.482 e. The highest BCUT2D eigenvalue weighted by molar-refractivity contribution is 6.00. The first-order valence-electron chi connectivity index (χ1n) is 10.1. The Kier molecular flexibility index (Phi) is 4.46. The van der Waals surface area contributed by atoms with Gasteiger partial charge in [-0.1, -0.05) is 0 Å². The van der Waals surface area contributed by atoms with E-state index in [4.69, 9.17) is 4.74 Å². The number of hydrogen-bond acceptors (Lipinski definition) is 3. The summed E-state index contributed by atoms with van der Waals surface area (Å²) in [7, 11) is 1.93. The zero-order valence-corrected chi connectivity index (χ0v) is 16.7. The van der Waals surface area contributed by atoms with Crippen LogP contribution in [-0.2, 0) is 11.8 Å². The summed E-state index contributed by atoms with van der Waals surface area (Å²) in [5, 5.41) is 3.82. The molecule has 1 aromatic heterocycles. The molecule has 1 saturated heterocycles. The second-order valence-corrected chi connectivity index (χ2v) is 7.97. The number of ether oxygens (including phenoxy) is 1. The highest BCUT2D eigenvalue weighted by atomic mass is 19.1. The first-order valence-corrected chi connectivity index (χ1v) is 10.1. The van der Waals surface area contributed by atoms with Crippen LogP contribution in [0, 0.1) is 5.82 Å². The fourth-order valence-electron chi connectivity index (χ4n) is 4.51. The van der Waals surface area contributed by atoms with Crippen molar-refractivity contribution in [2.75, 3.05) is 25.0 Å². The van der Waals surface area contributed by atoms with Gasteiger partial charge in [-0.2, -0.15) is 0 Å². The third-order valence-corrected chi connectivity index (χ3v) is 6.06. The smallest absolute Gasteiger partial charge is 0.262 e. The van der Waals surface area contributed by atoms with E-state index in [1.165, 1.54) is 11.6 Å². The maximum Gasteiger partial charge on any atom is 0.262 e. The molecule has 2 aromatic carbocycles. The monoisotopic (exact) mass is 407 g/mol. The average molecular weight is 407 g/mol. The van der Waals surface area contributed by atoms with Crippen molar-refractivity contribution < 1.29 is 18.7 Å². The number of aryl methyl sites for hydroxylation is 1. The van der Waals surface area contributed by atoms with Crippen molar-refractivity contribution in [2.45, 2.75) is 18.8 Å². The van der Waals surface area contributed by atoms with Gasteiger partial charge in [0.25, 0.3) is 11.8 Å². The molecule has 1 fully saturated rings. The van der Waals surface area contributed by atoms with Gasteiger partial charge in [-0.25, -0.2) is 4.39 Å². The molecule has 30 heavy (non-hydrogen) atoms. The zero-order valence-electron chi connectivity index (χ0n) is 16.7. The van der Waals surface area contributed by atoms with Crippen LogP contribution >= 0.6 is 0 Å². The Morgan fingerprint density at radius 1 is 1.17 bits per heavy atom. The van der Waals surface area contributed by atoms with Crippen LogP contribution in [0.3, 0.4) is 0 Å². The Bertz CT molecular complexity index is 1160. The summed E-state index contributed by atoms with van der Waals surface area (Å²) in [6.07, 6.45) is 3.79. The molecule has 0 spiro atoms. The van der Waals surface area contributed by atoms with Crippen molar-refractivity contribution in [3.63, 3.8) is 0 Å². The topological polar surface area (TPSA) is 63.6 Å². The number of hydrogen-bond donors (Lipinski definition) is 1. The molecule has 1 N–H and O–H groups in total. The number of fused-ring (bicyclic) bond motifs is 2. The minimum absolute atomic E-state index is 0.00534. The van der Waals surface area contributed by atoms with E-state index in [0.717, 1.165) is 23.7 Å². The number of amides is 2. The second kappa shape index (κ2) is 7.16. The molecule has 3 aromatic rings. The van der Waals surface area contributed by atoms with Crippen molar-refractivity contribution >= 4 is 28.4 Å². The molecular formula is C23H22FN3O3. The van der Waals surface area contributed by atoms with Gasteiger partial charge in [0.1, 0.15) is 11.6 Å². The lowest BCUT2D eigenvalue weighted by Crippen LogP contribution is -2.38. The molecule has 0 bridgehead atoms. The van der Waals surface area contributed by atoms with Crippen molar-refractivity contribution in [1.82, 2.24) is 9.47 Å². The fourth-order valence-corrected chi connectivity index (χ4v) is 4.51. The molecule has 0 radical (unpaired) electrons. The van der Waals surface area contributed by atoms with E-state index in [2.05, 4.69) is 11.5 Å². The first-order chi connectivity index (χ1) is 14.5. The summed E-state index contributed by atoms with van der Waals surface area (Å²) in [5.41, 5.74) is 3.18. The van der Waals surface area contributed by atoms with E-state index in [9.17, 15) is 14.0 Å². The maximum absolute atomic E-state index is 13.6. The summed E-state index contributed by atoms with van der Waals surface area (Å²) >= 11 is 0. The highest BCUT2D eigenvalue weighted by Crippen LogP contribution is 2.35. The molecule has 154 valence electrons. The van der Waals surface area contributed by atoms with Crippen LogP contribution in [0.5, 0.6) is 5.75 Å². The molecule has 5 rings (SSSR count). The van der Waals surface area contributed by atoms with Crippen LogP contribution < -0.4 is 10.1 Å². The normalized spacial score (nSPS) is 16.9. The van der Waals surface area contributed by atoms with Gasteiger partial charge in [-0.05, 0) is 60.7 Å². The number of likely N-dealkylation sites (tertiary alicyclic amines) is 1. The SMILES string of the molecule is Cn1cc(C2CCN(C(=O)c3ccc4c(c3)NC(=O)CO4)CC2)c2ccc(F)cc21. The molecule has 7 heteroatoms. The molecule has 2 aliphatic heterocycles. The predicted molar refractivity (Wildman–Crippen MR) is 111 cm³/mol. The predicted octanol–water partition coefficient (Wildman–Crippen LogP) is 3.67. The molecule has 0 aliphatic carbocycles. The van der Waals surface area contributed by atoms with Gasteiger partial charge in [0, 0.05) is 37.3 Å². The molecule has 0 unspecified atom stereocenters. The van der Waals surface area contributed by atoms with E-state index in [-0.39, 0.29) is 24.2 Å². The van der Waals surface area contributed by atoms with Gasteiger partial charge >= 0.3 is 0 Å². The van der Waals surface area contributed by atoms with Crippen LogP contribution in [-0.4, -0.2) is 41.0 Å². The Hall–Kier alpha value is -3.35. The third kappa shape index (κ3) is 3.20. The van der Waals surface area contributed by atoms with Crippen LogP contribution in [0.4, 0.5) is 10.1 Å². The van der Waals surface area contributed by atoms with Crippen molar-refractivity contribution in [3.05, 3.63) is 59.5 Å². The summed E-state index contributed by atoms with van der Waals surface area (Å²) in [5.74, 6) is 0.415. The summed E-state index contributed by atoms with van der Waals surface area (Å²) in [6.45, 7) is 1.30. The van der Waals surface area contributed by atoms with Gasteiger partial charge in [-0.3, -0.25) is 9.59 Å². The highest BCUT2D eigenvalue weighted by Gasteiger charge is 2.27. The quantitative estimate of drug-likeness (QED) is 0.705. The van der Waals surface area contributed by atoms with Crippen LogP contribution in [0.25, 0.3) is 10.9 Å². The first kappa shape index (κ1) is 18.7. The van der Waals surface area contributed by atoms with Gasteiger partial charge in [0.05, 0.1) is 11.2 Å². The molecule has 0 saturated carbocycles. The Labute approximate surface area is 173 Å². The van der Waals surface area contributed by atoms with E-state index >= 15 is 0 Å². The van der Waals surface area contributed by atoms with Gasteiger partial charge in [0.15, 0.2) is 6.61 Å². The summed E-state index contributed by atoms with van der Waals surface area (Å²) < 4.78 is 20.9. The number of nitrogens with zero attached hydrogens (tertiary/aromatic N) is 2. The number of aromatic nitrogens is 1. The van der Waals surface area contributed by atoms with Crippen molar-refractivity contribution in [1.29, 1.82) is 0 Å². The van der Waals surface area contributed by atoms with Crippen LogP contribution in [0.1, 0.15) is 34.7 Å². The molecule has 2 aliphatic rings. The third-order valence-electron chi connectivity index (χ3n) is 6.06. The fraction of sp³-hybridized carbons (Fsp3) is 0.304. The number of halogens is 1. The molecular weight excluding hydrogens is 385 g/mol. The second-order valence-electron chi connectivity index (χ2n) is 7.97. The number of carbonyl (C=O) groups is 2. The van der Waals surface area contributed by atoms with E-state index in [1.807, 2.05) is 22.6 Å². The summed E-state index contributed by atoms with van der Waals surface area (Å²) in [4.78, 5) is 26.4. The Morgan fingerprint density at radius 3 is 2.77 bits per heavy atom. The minimum atomic E-state index is -0.234. The Morgan fingerprint density at radius 2 is 1.97 bits per heavy atom. The lowest BCUT2D eigenvalue weighted by Gasteiger charge is -2.32. The summed E-state index contributed by atoms with van der Waals surface area (Å²) in [6, 6.07) is 10.1. The number of rotatable bonds is 2. The largest absolute Gasteiger partial charge is 0.482 e. The average Bonchev–Trinajstić information content (AvgIpc) is 3.08. The number of benzene rings is 2. The van der Waals surface area contributed by atoms with Crippen molar-refractivity contribution in [2.24, 2.45) is 7.05 Å². The molecule has 6 nitrogen and oxygen atoms in total. The number of nitrogens with one attached hydrogen (secondary N) is 1.